The Kier molecular flexibility index (Phi) is 10.7. The van der Waals surface area contributed by atoms with Crippen molar-refractivity contribution in [3.63, 3.8) is 0 Å². The Morgan fingerprint density at radius 3 is 2.23 bits per heavy atom. The van der Waals surface area contributed by atoms with Crippen LogP contribution in [-0.2, 0) is 39.9 Å². The molecule has 0 bridgehead atoms. The number of cyclic esters (lactones) is 1. The fourth-order valence-corrected chi connectivity index (χ4v) is 7.44. The summed E-state index contributed by atoms with van der Waals surface area (Å²) in [6, 6.07) is -2.09. The van der Waals surface area contributed by atoms with E-state index in [1.54, 1.807) is 13.8 Å². The van der Waals surface area contributed by atoms with Crippen LogP contribution >= 0.6 is 0 Å². The second kappa shape index (κ2) is 14.6. The molecule has 4 aliphatic rings. The van der Waals surface area contributed by atoms with Crippen LogP contribution in [0.2, 0.25) is 0 Å². The first-order valence-electron chi connectivity index (χ1n) is 16.9. The van der Waals surface area contributed by atoms with Crippen molar-refractivity contribution >= 4 is 35.5 Å². The lowest BCUT2D eigenvalue weighted by molar-refractivity contribution is -0.163. The van der Waals surface area contributed by atoms with Gasteiger partial charge in [0, 0.05) is 31.6 Å². The van der Waals surface area contributed by atoms with Gasteiger partial charge in [0.15, 0.2) is 0 Å². The van der Waals surface area contributed by atoms with E-state index < -0.39 is 89.4 Å². The van der Waals surface area contributed by atoms with Gasteiger partial charge in [-0.1, -0.05) is 13.8 Å². The van der Waals surface area contributed by atoms with Crippen LogP contribution in [0, 0.1) is 23.5 Å². The van der Waals surface area contributed by atoms with Crippen LogP contribution < -0.4 is 10.6 Å². The van der Waals surface area contributed by atoms with E-state index in [9.17, 15) is 37.5 Å². The summed E-state index contributed by atoms with van der Waals surface area (Å²) in [5.74, 6) is -5.78. The summed E-state index contributed by atoms with van der Waals surface area (Å²) in [6.07, 6.45) is 1.70. The molecule has 4 aliphatic heterocycles. The molecule has 4 saturated heterocycles. The summed E-state index contributed by atoms with van der Waals surface area (Å²) in [4.78, 5) is 86.9. The van der Waals surface area contributed by atoms with E-state index in [4.69, 9.17) is 4.74 Å². The first-order chi connectivity index (χ1) is 22.7. The van der Waals surface area contributed by atoms with Gasteiger partial charge in [-0.15, -0.1) is 0 Å². The van der Waals surface area contributed by atoms with Gasteiger partial charge in [0.2, 0.25) is 29.5 Å². The number of nitrogens with one attached hydrogen (secondary N) is 2. The molecule has 1 aromatic rings. The van der Waals surface area contributed by atoms with Crippen molar-refractivity contribution in [2.45, 2.75) is 109 Å². The van der Waals surface area contributed by atoms with Crippen LogP contribution in [0.1, 0.15) is 71.8 Å². The molecule has 2 N–H and O–H groups in total. The number of halogens is 2. The van der Waals surface area contributed by atoms with Crippen molar-refractivity contribution in [1.82, 2.24) is 25.3 Å². The first kappa shape index (κ1) is 35.2. The van der Waals surface area contributed by atoms with Gasteiger partial charge in [0.05, 0.1) is 0 Å². The zero-order valence-corrected chi connectivity index (χ0v) is 27.9. The third-order valence-electron chi connectivity index (χ3n) is 9.95. The number of hydrogen-bond donors (Lipinski definition) is 2. The van der Waals surface area contributed by atoms with E-state index >= 15 is 0 Å². The highest BCUT2D eigenvalue weighted by atomic mass is 19.1. The van der Waals surface area contributed by atoms with Crippen LogP contribution in [0.25, 0.3) is 0 Å². The third kappa shape index (κ3) is 7.46. The van der Waals surface area contributed by atoms with Gasteiger partial charge >= 0.3 is 5.97 Å². The van der Waals surface area contributed by atoms with Gasteiger partial charge in [-0.2, -0.15) is 0 Å². The minimum atomic E-state index is -1.41. The standard InChI is InChI=1S/C34H45F2N5O7/c1-18-12-27-34(47)48-21(4)28(38-29(42)19(2)13-22-14-23(35)16-24(36)15-22)33(46)40-11-7-9-26(40)32(45)39-10-6-5-8-25(39)30(43)37-20(3)31(44)41(27)17-18/h14-16,18-21,25-28H,5-13,17H2,1-4H3,(H,37,43)(H,38,42)/t18-,19-,20-,21-,25-,26-,27-,28-/m0/s1. The van der Waals surface area contributed by atoms with Crippen LogP contribution in [-0.4, -0.2) is 106 Å². The lowest BCUT2D eigenvalue weighted by Gasteiger charge is -2.39. The Hall–Kier alpha value is -4.10. The average Bonchev–Trinajstić information content (AvgIpc) is 3.68. The van der Waals surface area contributed by atoms with E-state index in [-0.39, 0.29) is 31.0 Å². The normalized spacial score (nSPS) is 31.1. The maximum absolute atomic E-state index is 14.3. The average molecular weight is 674 g/mol. The monoisotopic (exact) mass is 673 g/mol. The smallest absolute Gasteiger partial charge is 0.329 e. The van der Waals surface area contributed by atoms with Crippen molar-refractivity contribution in [2.24, 2.45) is 11.8 Å². The minimum Gasteiger partial charge on any atom is -0.458 e. The van der Waals surface area contributed by atoms with Crippen LogP contribution in [0.4, 0.5) is 8.78 Å². The van der Waals surface area contributed by atoms with Crippen LogP contribution in [0.3, 0.4) is 0 Å². The fourth-order valence-electron chi connectivity index (χ4n) is 7.44. The SMILES string of the molecule is C[C@H]1C[C@H]2C(=O)O[C@@H](C)[C@H](NC(=O)[C@@H](C)Cc3cc(F)cc(F)c3)C(=O)N3CCC[C@H]3C(=O)N3CCCC[C@H]3C(=O)N[C@@H](C)C(=O)N2C1. The number of amides is 5. The van der Waals surface area contributed by atoms with Gasteiger partial charge in [-0.05, 0) is 82.4 Å². The van der Waals surface area contributed by atoms with Gasteiger partial charge in [-0.25, -0.2) is 13.6 Å². The van der Waals surface area contributed by atoms with Crippen molar-refractivity contribution in [2.75, 3.05) is 19.6 Å². The van der Waals surface area contributed by atoms with E-state index in [0.29, 0.717) is 45.1 Å². The molecule has 8 atom stereocenters. The molecule has 0 unspecified atom stereocenters. The van der Waals surface area contributed by atoms with Crippen molar-refractivity contribution in [3.05, 3.63) is 35.4 Å². The highest BCUT2D eigenvalue weighted by Gasteiger charge is 2.47. The molecule has 5 rings (SSSR count). The molecule has 4 fully saturated rings. The topological polar surface area (TPSA) is 145 Å². The minimum absolute atomic E-state index is 0.0337. The maximum Gasteiger partial charge on any atom is 0.329 e. The quantitative estimate of drug-likeness (QED) is 0.463. The van der Waals surface area contributed by atoms with E-state index in [1.165, 1.54) is 21.6 Å². The number of benzene rings is 1. The van der Waals surface area contributed by atoms with Gasteiger partial charge in [-0.3, -0.25) is 24.0 Å². The number of piperidine rings is 1. The first-order valence-corrected chi connectivity index (χ1v) is 16.9. The lowest BCUT2D eigenvalue weighted by atomic mass is 9.98. The molecular weight excluding hydrogens is 628 g/mol. The fraction of sp³-hybridized carbons (Fsp3) is 0.647. The number of carbonyl (C=O) groups excluding carboxylic acids is 6. The number of hydrogen-bond acceptors (Lipinski definition) is 7. The van der Waals surface area contributed by atoms with E-state index in [1.807, 2.05) is 6.92 Å². The number of carbonyl (C=O) groups is 6. The predicted octanol–water partition coefficient (Wildman–Crippen LogP) is 1.69. The summed E-state index contributed by atoms with van der Waals surface area (Å²) in [7, 11) is 0. The Labute approximate surface area is 278 Å². The van der Waals surface area contributed by atoms with E-state index in [0.717, 1.165) is 18.2 Å². The highest BCUT2D eigenvalue weighted by Crippen LogP contribution is 2.29. The maximum atomic E-state index is 14.3. The second-order valence-corrected chi connectivity index (χ2v) is 13.8. The van der Waals surface area contributed by atoms with Crippen molar-refractivity contribution in [3.8, 4) is 0 Å². The summed E-state index contributed by atoms with van der Waals surface area (Å²) in [5.41, 5.74) is 0.249. The Bertz CT molecular complexity index is 1440. The largest absolute Gasteiger partial charge is 0.458 e. The molecule has 0 aliphatic carbocycles. The van der Waals surface area contributed by atoms with Crippen molar-refractivity contribution < 1.29 is 42.3 Å². The molecule has 12 nitrogen and oxygen atoms in total. The molecule has 0 spiro atoms. The second-order valence-electron chi connectivity index (χ2n) is 13.8. The molecule has 262 valence electrons. The Morgan fingerprint density at radius 1 is 0.875 bits per heavy atom. The summed E-state index contributed by atoms with van der Waals surface area (Å²) in [5, 5.41) is 5.47. The van der Waals surface area contributed by atoms with Gasteiger partial charge in [0.1, 0.15) is 47.9 Å². The van der Waals surface area contributed by atoms with E-state index in [2.05, 4.69) is 10.6 Å². The molecule has 0 aromatic heterocycles. The number of ether oxygens (including phenoxy) is 1. The molecule has 5 amide bonds. The molecule has 14 heteroatoms. The van der Waals surface area contributed by atoms with Gasteiger partial charge < -0.3 is 30.1 Å². The molecule has 4 heterocycles. The number of esters is 1. The third-order valence-corrected chi connectivity index (χ3v) is 9.95. The summed E-state index contributed by atoms with van der Waals surface area (Å²) < 4.78 is 33.5. The zero-order valence-electron chi connectivity index (χ0n) is 27.9. The summed E-state index contributed by atoms with van der Waals surface area (Å²) >= 11 is 0. The molecule has 0 saturated carbocycles. The number of rotatable bonds is 4. The number of fused-ring (bicyclic) bond motifs is 3. The summed E-state index contributed by atoms with van der Waals surface area (Å²) in [6.45, 7) is 7.24. The zero-order chi connectivity index (χ0) is 34.9. The lowest BCUT2D eigenvalue weighted by Crippen LogP contribution is -2.62. The number of nitrogens with zero attached hydrogens (tertiary/aromatic N) is 3. The molecule has 48 heavy (non-hydrogen) atoms. The molecule has 1 aromatic carbocycles. The van der Waals surface area contributed by atoms with Crippen LogP contribution in [0.5, 0.6) is 0 Å². The Balaban J connectivity index is 1.47. The molecular formula is C34H45F2N5O7. The Morgan fingerprint density at radius 2 is 1.52 bits per heavy atom. The van der Waals surface area contributed by atoms with Crippen LogP contribution in [0.15, 0.2) is 18.2 Å². The molecule has 0 radical (unpaired) electrons. The predicted molar refractivity (Wildman–Crippen MR) is 168 cm³/mol. The van der Waals surface area contributed by atoms with Gasteiger partial charge in [0.25, 0.3) is 0 Å². The van der Waals surface area contributed by atoms with Crippen molar-refractivity contribution in [1.29, 1.82) is 0 Å². The highest BCUT2D eigenvalue weighted by molar-refractivity contribution is 5.97.